The molecule has 0 bridgehead atoms. The molecule has 110 valence electrons. The van der Waals surface area contributed by atoms with E-state index >= 15 is 0 Å². The smallest absolute Gasteiger partial charge is 0.306 e. The molecule has 1 aliphatic carbocycles. The Bertz CT molecular complexity index is 310. The zero-order valence-electron chi connectivity index (χ0n) is 12.2. The minimum Gasteiger partial charge on any atom is -0.481 e. The number of carboxylic acid groups (broad SMARTS) is 1. The molecule has 0 heterocycles. The van der Waals surface area contributed by atoms with Crippen LogP contribution in [-0.2, 0) is 9.59 Å². The summed E-state index contributed by atoms with van der Waals surface area (Å²) in [4.78, 5) is 25.0. The molecular weight excluding hydrogens is 244 g/mol. The summed E-state index contributed by atoms with van der Waals surface area (Å²) in [6, 6.07) is 0.475. The number of carbonyl (C=O) groups excluding carboxylic acids is 1. The van der Waals surface area contributed by atoms with E-state index in [1.54, 1.807) is 0 Å². The van der Waals surface area contributed by atoms with Gasteiger partial charge in [0.2, 0.25) is 5.91 Å². The summed E-state index contributed by atoms with van der Waals surface area (Å²) in [6.07, 6.45) is 2.64. The van der Waals surface area contributed by atoms with Crippen LogP contribution in [0, 0.1) is 11.8 Å². The van der Waals surface area contributed by atoms with Crippen LogP contribution in [0.1, 0.15) is 39.5 Å². The van der Waals surface area contributed by atoms with Gasteiger partial charge in [0.15, 0.2) is 0 Å². The molecule has 5 heteroatoms. The van der Waals surface area contributed by atoms with Crippen LogP contribution in [0.25, 0.3) is 0 Å². The van der Waals surface area contributed by atoms with Gasteiger partial charge in [0.25, 0.3) is 0 Å². The van der Waals surface area contributed by atoms with Gasteiger partial charge in [0, 0.05) is 25.0 Å². The molecule has 0 radical (unpaired) electrons. The van der Waals surface area contributed by atoms with Gasteiger partial charge in [0.05, 0.1) is 5.92 Å². The van der Waals surface area contributed by atoms with Gasteiger partial charge < -0.3 is 15.3 Å². The minimum absolute atomic E-state index is 0.0000406. The SMILES string of the molecule is CC(C)N(C)CCNC(=O)C1CCC(C(=O)O)CC1. The predicted molar refractivity (Wildman–Crippen MR) is 73.9 cm³/mol. The van der Waals surface area contributed by atoms with Crippen molar-refractivity contribution in [1.29, 1.82) is 0 Å². The second kappa shape index (κ2) is 7.48. The van der Waals surface area contributed by atoms with Gasteiger partial charge in [-0.05, 0) is 46.6 Å². The monoisotopic (exact) mass is 270 g/mol. The van der Waals surface area contributed by atoms with Gasteiger partial charge in [-0.15, -0.1) is 0 Å². The topological polar surface area (TPSA) is 69.6 Å². The lowest BCUT2D eigenvalue weighted by Gasteiger charge is -2.26. The molecule has 1 rings (SSSR count). The first-order valence-electron chi connectivity index (χ1n) is 7.12. The Hall–Kier alpha value is -1.10. The lowest BCUT2D eigenvalue weighted by atomic mass is 9.81. The fourth-order valence-corrected chi connectivity index (χ4v) is 2.36. The molecule has 1 fully saturated rings. The van der Waals surface area contributed by atoms with Gasteiger partial charge in [-0.3, -0.25) is 9.59 Å². The Labute approximate surface area is 115 Å². The maximum absolute atomic E-state index is 11.9. The van der Waals surface area contributed by atoms with Crippen LogP contribution < -0.4 is 5.32 Å². The van der Waals surface area contributed by atoms with Crippen LogP contribution in [-0.4, -0.2) is 48.1 Å². The lowest BCUT2D eigenvalue weighted by molar-refractivity contribution is -0.144. The number of hydrogen-bond acceptors (Lipinski definition) is 3. The van der Waals surface area contributed by atoms with E-state index in [0.717, 1.165) is 6.54 Å². The number of carboxylic acids is 1. The molecule has 1 saturated carbocycles. The van der Waals surface area contributed by atoms with Crippen LogP contribution in [0.2, 0.25) is 0 Å². The molecule has 0 aromatic rings. The Morgan fingerprint density at radius 1 is 1.21 bits per heavy atom. The van der Waals surface area contributed by atoms with E-state index in [1.807, 2.05) is 7.05 Å². The van der Waals surface area contributed by atoms with Crippen molar-refractivity contribution in [2.45, 2.75) is 45.6 Å². The third kappa shape index (κ3) is 5.19. The van der Waals surface area contributed by atoms with E-state index in [1.165, 1.54) is 0 Å². The molecule has 0 atom stereocenters. The highest BCUT2D eigenvalue weighted by atomic mass is 16.4. The lowest BCUT2D eigenvalue weighted by Crippen LogP contribution is -2.39. The van der Waals surface area contributed by atoms with Gasteiger partial charge in [0.1, 0.15) is 0 Å². The Balaban J connectivity index is 2.23. The average molecular weight is 270 g/mol. The zero-order valence-corrected chi connectivity index (χ0v) is 12.2. The molecule has 19 heavy (non-hydrogen) atoms. The second-order valence-corrected chi connectivity index (χ2v) is 5.75. The van der Waals surface area contributed by atoms with E-state index in [0.29, 0.717) is 38.3 Å². The summed E-state index contributed by atoms with van der Waals surface area (Å²) in [6.45, 7) is 5.74. The highest BCUT2D eigenvalue weighted by Gasteiger charge is 2.29. The number of amides is 1. The molecule has 0 aromatic heterocycles. The van der Waals surface area contributed by atoms with Crippen LogP contribution in [0.3, 0.4) is 0 Å². The minimum atomic E-state index is -0.725. The molecule has 0 aromatic carbocycles. The molecule has 0 aliphatic heterocycles. The Morgan fingerprint density at radius 2 is 1.74 bits per heavy atom. The van der Waals surface area contributed by atoms with Crippen molar-refractivity contribution in [3.63, 3.8) is 0 Å². The largest absolute Gasteiger partial charge is 0.481 e. The number of nitrogens with one attached hydrogen (secondary N) is 1. The molecular formula is C14H26N2O3. The summed E-state index contributed by atoms with van der Waals surface area (Å²) >= 11 is 0. The first kappa shape index (κ1) is 16.0. The molecule has 1 aliphatic rings. The van der Waals surface area contributed by atoms with Crippen molar-refractivity contribution in [1.82, 2.24) is 10.2 Å². The normalized spacial score (nSPS) is 23.6. The van der Waals surface area contributed by atoms with Crippen molar-refractivity contribution in [2.75, 3.05) is 20.1 Å². The zero-order chi connectivity index (χ0) is 14.4. The number of aliphatic carboxylic acids is 1. The Kier molecular flexibility index (Phi) is 6.28. The van der Waals surface area contributed by atoms with Crippen molar-refractivity contribution in [2.24, 2.45) is 11.8 Å². The predicted octanol–water partition coefficient (Wildman–Crippen LogP) is 1.33. The Morgan fingerprint density at radius 3 is 2.21 bits per heavy atom. The third-order valence-electron chi connectivity index (χ3n) is 4.09. The summed E-state index contributed by atoms with van der Waals surface area (Å²) in [5, 5.41) is 11.9. The first-order valence-corrected chi connectivity index (χ1v) is 7.12. The number of hydrogen-bond donors (Lipinski definition) is 2. The quantitative estimate of drug-likeness (QED) is 0.764. The first-order chi connectivity index (χ1) is 8.91. The van der Waals surface area contributed by atoms with Gasteiger partial charge in [-0.1, -0.05) is 0 Å². The maximum atomic E-state index is 11.9. The van der Waals surface area contributed by atoms with E-state index in [-0.39, 0.29) is 17.7 Å². The fourth-order valence-electron chi connectivity index (χ4n) is 2.36. The van der Waals surface area contributed by atoms with E-state index < -0.39 is 5.97 Å². The highest BCUT2D eigenvalue weighted by molar-refractivity contribution is 5.79. The number of likely N-dealkylation sites (N-methyl/N-ethyl adjacent to an activating group) is 1. The standard InChI is InChI=1S/C14H26N2O3/c1-10(2)16(3)9-8-15-13(17)11-4-6-12(7-5-11)14(18)19/h10-12H,4-9H2,1-3H3,(H,15,17)(H,18,19). The van der Waals surface area contributed by atoms with Crippen LogP contribution >= 0.6 is 0 Å². The van der Waals surface area contributed by atoms with E-state index in [9.17, 15) is 9.59 Å². The molecule has 0 saturated heterocycles. The average Bonchev–Trinajstić information content (AvgIpc) is 2.38. The van der Waals surface area contributed by atoms with Gasteiger partial charge in [-0.25, -0.2) is 0 Å². The third-order valence-corrected chi connectivity index (χ3v) is 4.09. The van der Waals surface area contributed by atoms with Crippen LogP contribution in [0.15, 0.2) is 0 Å². The molecule has 2 N–H and O–H groups in total. The van der Waals surface area contributed by atoms with Crippen LogP contribution in [0.5, 0.6) is 0 Å². The number of rotatable bonds is 6. The van der Waals surface area contributed by atoms with E-state index in [4.69, 9.17) is 5.11 Å². The van der Waals surface area contributed by atoms with Crippen molar-refractivity contribution in [3.8, 4) is 0 Å². The summed E-state index contributed by atoms with van der Waals surface area (Å²) < 4.78 is 0. The number of carbonyl (C=O) groups is 2. The summed E-state index contributed by atoms with van der Waals surface area (Å²) in [7, 11) is 2.04. The molecule has 0 unspecified atom stereocenters. The van der Waals surface area contributed by atoms with Crippen molar-refractivity contribution in [3.05, 3.63) is 0 Å². The number of nitrogens with zero attached hydrogens (tertiary/aromatic N) is 1. The molecule has 1 amide bonds. The highest BCUT2D eigenvalue weighted by Crippen LogP contribution is 2.28. The van der Waals surface area contributed by atoms with Gasteiger partial charge >= 0.3 is 5.97 Å². The molecule has 5 nitrogen and oxygen atoms in total. The summed E-state index contributed by atoms with van der Waals surface area (Å²) in [5.74, 6) is -0.894. The van der Waals surface area contributed by atoms with Gasteiger partial charge in [-0.2, -0.15) is 0 Å². The second-order valence-electron chi connectivity index (χ2n) is 5.75. The van der Waals surface area contributed by atoms with E-state index in [2.05, 4.69) is 24.1 Å². The van der Waals surface area contributed by atoms with Crippen molar-refractivity contribution < 1.29 is 14.7 Å². The maximum Gasteiger partial charge on any atom is 0.306 e. The van der Waals surface area contributed by atoms with Crippen LogP contribution in [0.4, 0.5) is 0 Å². The fraction of sp³-hybridized carbons (Fsp3) is 0.857. The molecule has 0 spiro atoms. The summed E-state index contributed by atoms with van der Waals surface area (Å²) in [5.41, 5.74) is 0. The van der Waals surface area contributed by atoms with Crippen molar-refractivity contribution >= 4 is 11.9 Å².